The summed E-state index contributed by atoms with van der Waals surface area (Å²) in [6.45, 7) is 3.56. The fourth-order valence-corrected chi connectivity index (χ4v) is 4.77. The summed E-state index contributed by atoms with van der Waals surface area (Å²) in [5, 5.41) is 10.7. The zero-order valence-corrected chi connectivity index (χ0v) is 19.6. The Labute approximate surface area is 195 Å². The molecule has 0 aromatic heterocycles. The van der Waals surface area contributed by atoms with Crippen LogP contribution in [0.4, 0.5) is 5.69 Å². The second kappa shape index (κ2) is 11.3. The van der Waals surface area contributed by atoms with Crippen LogP contribution in [0.5, 0.6) is 0 Å². The van der Waals surface area contributed by atoms with Crippen molar-refractivity contribution in [1.29, 1.82) is 5.26 Å². The van der Waals surface area contributed by atoms with Crippen LogP contribution in [0.15, 0.2) is 42.5 Å². The second-order valence-corrected chi connectivity index (χ2v) is 9.33. The maximum Gasteiger partial charge on any atom is 0.270 e. The summed E-state index contributed by atoms with van der Waals surface area (Å²) in [6, 6.07) is 14.1. The van der Waals surface area contributed by atoms with Crippen molar-refractivity contribution in [2.75, 3.05) is 31.6 Å². The largest absolute Gasteiger partial charge is 0.364 e. The van der Waals surface area contributed by atoms with Gasteiger partial charge in [-0.05, 0) is 94.0 Å². The summed E-state index contributed by atoms with van der Waals surface area (Å²) in [7, 11) is 2.10. The Bertz CT molecular complexity index is 861. The molecule has 2 aromatic carbocycles. The lowest BCUT2D eigenvalue weighted by molar-refractivity contribution is 0.359. The topological polar surface area (TPSA) is 30.3 Å². The third-order valence-corrected chi connectivity index (χ3v) is 6.70. The van der Waals surface area contributed by atoms with Crippen LogP contribution in [0.2, 0.25) is 27.7 Å². The van der Waals surface area contributed by atoms with Gasteiger partial charge in [0.1, 0.15) is 0 Å². The molecule has 2 aliphatic heterocycles. The fourth-order valence-electron chi connectivity index (χ4n) is 4.11. The molecule has 2 aliphatic rings. The predicted octanol–water partition coefficient (Wildman–Crippen LogP) is 6.87. The number of hydrogen-bond donors (Lipinski definition) is 0. The van der Waals surface area contributed by atoms with Gasteiger partial charge in [0.2, 0.25) is 0 Å². The first-order valence-electron chi connectivity index (χ1n) is 10.5. The molecule has 30 heavy (non-hydrogen) atoms. The van der Waals surface area contributed by atoms with Crippen LogP contribution >= 0.6 is 34.8 Å². The number of anilines is 1. The molecular formula is C23H27BCl3N3. The number of nitriles is 1. The molecule has 2 heterocycles. The van der Waals surface area contributed by atoms with Gasteiger partial charge in [0.25, 0.3) is 6.71 Å². The van der Waals surface area contributed by atoms with E-state index in [1.54, 1.807) is 0 Å². The minimum atomic E-state index is 0.296. The first-order valence-corrected chi connectivity index (χ1v) is 11.7. The number of rotatable bonds is 2. The van der Waals surface area contributed by atoms with Gasteiger partial charge in [-0.1, -0.05) is 40.9 Å². The Morgan fingerprint density at radius 3 is 2.23 bits per heavy atom. The van der Waals surface area contributed by atoms with Crippen molar-refractivity contribution < 1.29 is 0 Å². The number of nitrogens with zero attached hydrogens (tertiary/aromatic N) is 3. The maximum atomic E-state index is 8.51. The van der Waals surface area contributed by atoms with Crippen LogP contribution < -0.4 is 4.90 Å². The molecule has 0 amide bonds. The average Bonchev–Trinajstić information content (AvgIpc) is 2.76. The molecule has 158 valence electrons. The molecule has 0 radical (unpaired) electrons. The highest BCUT2D eigenvalue weighted by molar-refractivity contribution is 6.67. The third kappa shape index (κ3) is 6.31. The lowest BCUT2D eigenvalue weighted by atomic mass is 9.45. The van der Waals surface area contributed by atoms with Crippen LogP contribution in [0.3, 0.4) is 0 Å². The van der Waals surface area contributed by atoms with Crippen LogP contribution in [0.1, 0.15) is 30.9 Å². The van der Waals surface area contributed by atoms with Gasteiger partial charge in [-0.2, -0.15) is 0 Å². The van der Waals surface area contributed by atoms with E-state index in [0.29, 0.717) is 17.8 Å². The molecule has 2 fully saturated rings. The summed E-state index contributed by atoms with van der Waals surface area (Å²) in [6.07, 6.45) is 5.64. The zero-order chi connectivity index (χ0) is 21.5. The van der Waals surface area contributed by atoms with Crippen LogP contribution in [-0.4, -0.2) is 38.3 Å². The van der Waals surface area contributed by atoms with Gasteiger partial charge in [-0.15, -0.1) is 0 Å². The summed E-state index contributed by atoms with van der Waals surface area (Å²) in [5.41, 5.74) is 2.34. The lowest BCUT2D eigenvalue weighted by Gasteiger charge is -2.38. The summed E-state index contributed by atoms with van der Waals surface area (Å²) in [4.78, 5) is 4.68. The Morgan fingerprint density at radius 1 is 0.933 bits per heavy atom. The second-order valence-electron chi connectivity index (χ2n) is 8.05. The van der Waals surface area contributed by atoms with E-state index in [2.05, 4.69) is 34.9 Å². The molecule has 2 aromatic rings. The molecule has 3 nitrogen and oxygen atoms in total. The molecule has 2 saturated heterocycles. The van der Waals surface area contributed by atoms with Crippen molar-refractivity contribution in [2.24, 2.45) is 0 Å². The average molecular weight is 463 g/mol. The number of hydrogen-bond acceptors (Lipinski definition) is 3. The Balaban J connectivity index is 0.000000239. The van der Waals surface area contributed by atoms with E-state index < -0.39 is 0 Å². The fraction of sp³-hybridized carbons (Fsp3) is 0.435. The van der Waals surface area contributed by atoms with Crippen LogP contribution in [-0.2, 0) is 0 Å². The van der Waals surface area contributed by atoms with E-state index >= 15 is 0 Å². The smallest absolute Gasteiger partial charge is 0.270 e. The van der Waals surface area contributed by atoms with Crippen molar-refractivity contribution in [3.05, 3.63) is 63.1 Å². The molecule has 0 spiro atoms. The summed E-state index contributed by atoms with van der Waals surface area (Å²) < 4.78 is 0. The molecule has 0 N–H and O–H groups in total. The first kappa shape index (κ1) is 23.3. The van der Waals surface area contributed by atoms with Gasteiger partial charge in [0, 0.05) is 33.3 Å². The molecule has 0 bridgehead atoms. The highest BCUT2D eigenvalue weighted by atomic mass is 35.5. The van der Waals surface area contributed by atoms with E-state index in [1.165, 1.54) is 18.5 Å². The highest BCUT2D eigenvalue weighted by Gasteiger charge is 2.26. The van der Waals surface area contributed by atoms with Gasteiger partial charge in [0.15, 0.2) is 0 Å². The zero-order valence-electron chi connectivity index (χ0n) is 17.3. The van der Waals surface area contributed by atoms with Crippen molar-refractivity contribution in [3.63, 3.8) is 0 Å². The summed E-state index contributed by atoms with van der Waals surface area (Å²) in [5.74, 6) is 2.30. The minimum Gasteiger partial charge on any atom is -0.364 e. The van der Waals surface area contributed by atoms with Gasteiger partial charge in [-0.25, -0.2) is 5.26 Å². The summed E-state index contributed by atoms with van der Waals surface area (Å²) >= 11 is 18.4. The van der Waals surface area contributed by atoms with Crippen LogP contribution in [0.25, 0.3) is 0 Å². The molecule has 1 unspecified atom stereocenters. The van der Waals surface area contributed by atoms with Crippen molar-refractivity contribution >= 4 is 47.2 Å². The molecule has 7 heteroatoms. The van der Waals surface area contributed by atoms with E-state index in [0.717, 1.165) is 54.3 Å². The maximum absolute atomic E-state index is 8.51. The highest BCUT2D eigenvalue weighted by Crippen LogP contribution is 2.38. The Morgan fingerprint density at radius 2 is 1.60 bits per heavy atom. The van der Waals surface area contributed by atoms with Crippen molar-refractivity contribution in [1.82, 2.24) is 4.90 Å². The van der Waals surface area contributed by atoms with Gasteiger partial charge in [-0.3, -0.25) is 0 Å². The van der Waals surface area contributed by atoms with E-state index in [1.807, 2.05) is 30.3 Å². The number of benzene rings is 2. The van der Waals surface area contributed by atoms with Gasteiger partial charge in [0.05, 0.1) is 6.04 Å². The predicted molar refractivity (Wildman–Crippen MR) is 130 cm³/mol. The standard InChI is InChI=1S/C17H16Cl3N.C6H11BN2/c18-12-4-7-14(8-5-12)21-10-2-1-3-17(21)15-9-6-13(19)11-16(15)20;1-9-4-2-7(6-8)3-5-9/h4-9,11,17H,1-3,10H2;2-5H2,1H3. The Hall–Kier alpha value is -1.38. The quantitative estimate of drug-likeness (QED) is 0.456. The Kier molecular flexibility index (Phi) is 8.77. The van der Waals surface area contributed by atoms with Gasteiger partial charge < -0.3 is 9.80 Å². The molecule has 0 saturated carbocycles. The number of halogens is 3. The molecule has 4 rings (SSSR count). The number of piperidine rings is 1. The van der Waals surface area contributed by atoms with Crippen molar-refractivity contribution in [2.45, 2.75) is 37.9 Å². The minimum absolute atomic E-state index is 0.296. The first-order chi connectivity index (χ1) is 14.5. The van der Waals surface area contributed by atoms with Crippen LogP contribution in [0, 0.1) is 11.2 Å². The third-order valence-electron chi connectivity index (χ3n) is 5.88. The van der Waals surface area contributed by atoms with Gasteiger partial charge >= 0.3 is 0 Å². The van der Waals surface area contributed by atoms with E-state index in [9.17, 15) is 0 Å². The lowest BCUT2D eigenvalue weighted by Crippen LogP contribution is -2.33. The SMILES string of the molecule is CN1CCB(C#N)CC1.Clc1ccc(N2CCCCC2c2ccc(Cl)cc2Cl)cc1. The van der Waals surface area contributed by atoms with E-state index in [4.69, 9.17) is 40.1 Å². The monoisotopic (exact) mass is 461 g/mol. The molecule has 1 atom stereocenters. The molecule has 0 aliphatic carbocycles. The van der Waals surface area contributed by atoms with Crippen molar-refractivity contribution in [3.8, 4) is 5.97 Å². The van der Waals surface area contributed by atoms with E-state index in [-0.39, 0.29) is 0 Å². The normalized spacial score (nSPS) is 19.6. The molecular weight excluding hydrogens is 435 g/mol.